The summed E-state index contributed by atoms with van der Waals surface area (Å²) in [5.74, 6) is 0.913. The highest BCUT2D eigenvalue weighted by Gasteiger charge is 2.22. The molecule has 0 radical (unpaired) electrons. The molecule has 0 aromatic carbocycles. The van der Waals surface area contributed by atoms with E-state index in [1.54, 1.807) is 0 Å². The van der Waals surface area contributed by atoms with Gasteiger partial charge in [0, 0.05) is 19.6 Å². The first kappa shape index (κ1) is 14.5. The molecule has 1 fully saturated rings. The molecule has 1 aliphatic carbocycles. The first-order valence-corrected chi connectivity index (χ1v) is 6.94. The lowest BCUT2D eigenvalue weighted by Crippen LogP contribution is -2.42. The molecule has 0 aliphatic heterocycles. The first-order valence-electron chi connectivity index (χ1n) is 6.94. The molecule has 1 atom stereocenters. The highest BCUT2D eigenvalue weighted by atomic mass is 16.5. The van der Waals surface area contributed by atoms with Crippen molar-refractivity contribution < 1.29 is 4.74 Å². The molecule has 0 bridgehead atoms. The van der Waals surface area contributed by atoms with Gasteiger partial charge in [-0.2, -0.15) is 5.26 Å². The van der Waals surface area contributed by atoms with Crippen LogP contribution >= 0.6 is 0 Å². The van der Waals surface area contributed by atoms with Crippen LogP contribution in [0.5, 0.6) is 0 Å². The van der Waals surface area contributed by atoms with E-state index in [1.807, 2.05) is 6.92 Å². The fourth-order valence-corrected chi connectivity index (χ4v) is 1.99. The molecule has 1 N–H and O–H groups in total. The third kappa shape index (κ3) is 5.52. The Hall–Kier alpha value is -0.590. The molecule has 0 aromatic heterocycles. The molecule has 0 saturated heterocycles. The van der Waals surface area contributed by atoms with Gasteiger partial charge in [-0.1, -0.05) is 26.2 Å². The Morgan fingerprint density at radius 2 is 2.18 bits per heavy atom. The van der Waals surface area contributed by atoms with E-state index in [2.05, 4.69) is 18.3 Å². The van der Waals surface area contributed by atoms with Gasteiger partial charge in [0.1, 0.15) is 5.54 Å². The maximum absolute atomic E-state index is 9.14. The SMILES string of the molecule is CCCNC(C)(C#N)CCOCCC1CCC1. The largest absolute Gasteiger partial charge is 0.381 e. The fourth-order valence-electron chi connectivity index (χ4n) is 1.99. The molecule has 1 aliphatic rings. The summed E-state index contributed by atoms with van der Waals surface area (Å²) >= 11 is 0. The van der Waals surface area contributed by atoms with E-state index in [0.29, 0.717) is 6.61 Å². The summed E-state index contributed by atoms with van der Waals surface area (Å²) in [6, 6.07) is 2.34. The third-order valence-corrected chi connectivity index (χ3v) is 3.65. The molecule has 98 valence electrons. The zero-order chi connectivity index (χ0) is 12.6. The van der Waals surface area contributed by atoms with Crippen LogP contribution in [0, 0.1) is 17.2 Å². The molecular weight excluding hydrogens is 212 g/mol. The molecular formula is C14H26N2O. The smallest absolute Gasteiger partial charge is 0.106 e. The second-order valence-corrected chi connectivity index (χ2v) is 5.32. The minimum absolute atomic E-state index is 0.424. The van der Waals surface area contributed by atoms with Crippen molar-refractivity contribution in [3.63, 3.8) is 0 Å². The minimum atomic E-state index is -0.424. The molecule has 3 nitrogen and oxygen atoms in total. The fraction of sp³-hybridized carbons (Fsp3) is 0.929. The van der Waals surface area contributed by atoms with Crippen molar-refractivity contribution in [3.8, 4) is 6.07 Å². The molecule has 1 saturated carbocycles. The average molecular weight is 238 g/mol. The summed E-state index contributed by atoms with van der Waals surface area (Å²) in [7, 11) is 0. The van der Waals surface area contributed by atoms with Crippen molar-refractivity contribution in [2.45, 2.75) is 57.9 Å². The van der Waals surface area contributed by atoms with E-state index >= 15 is 0 Å². The van der Waals surface area contributed by atoms with Gasteiger partial charge in [-0.3, -0.25) is 5.32 Å². The summed E-state index contributed by atoms with van der Waals surface area (Å²) < 4.78 is 5.63. The van der Waals surface area contributed by atoms with E-state index in [-0.39, 0.29) is 0 Å². The first-order chi connectivity index (χ1) is 8.20. The molecule has 0 aromatic rings. The van der Waals surface area contributed by atoms with Crippen molar-refractivity contribution in [2.75, 3.05) is 19.8 Å². The monoisotopic (exact) mass is 238 g/mol. The molecule has 17 heavy (non-hydrogen) atoms. The molecule has 0 spiro atoms. The van der Waals surface area contributed by atoms with Crippen LogP contribution in [-0.4, -0.2) is 25.3 Å². The van der Waals surface area contributed by atoms with Crippen LogP contribution in [0.1, 0.15) is 52.4 Å². The lowest BCUT2D eigenvalue weighted by Gasteiger charge is -2.26. The van der Waals surface area contributed by atoms with Crippen LogP contribution in [0.3, 0.4) is 0 Å². The van der Waals surface area contributed by atoms with Crippen molar-refractivity contribution in [1.82, 2.24) is 5.32 Å². The number of hydrogen-bond donors (Lipinski definition) is 1. The van der Waals surface area contributed by atoms with E-state index in [1.165, 1.54) is 25.7 Å². The summed E-state index contributed by atoms with van der Waals surface area (Å²) in [5, 5.41) is 12.4. The summed E-state index contributed by atoms with van der Waals surface area (Å²) in [6.45, 7) is 6.51. The quantitative estimate of drug-likeness (QED) is 0.628. The Bertz CT molecular complexity index is 245. The second kappa shape index (κ2) is 7.68. The highest BCUT2D eigenvalue weighted by Crippen LogP contribution is 2.29. The number of rotatable bonds is 9. The molecule has 0 heterocycles. The standard InChI is InChI=1S/C14H26N2O/c1-3-9-16-14(2,12-15)8-11-17-10-7-13-5-4-6-13/h13,16H,3-11H2,1-2H3. The van der Waals surface area contributed by atoms with Gasteiger partial charge < -0.3 is 4.74 Å². The second-order valence-electron chi connectivity index (χ2n) is 5.32. The van der Waals surface area contributed by atoms with E-state index < -0.39 is 5.54 Å². The van der Waals surface area contributed by atoms with Crippen molar-refractivity contribution in [2.24, 2.45) is 5.92 Å². The van der Waals surface area contributed by atoms with Crippen molar-refractivity contribution in [1.29, 1.82) is 5.26 Å². The number of ether oxygens (including phenoxy) is 1. The zero-order valence-corrected chi connectivity index (χ0v) is 11.3. The van der Waals surface area contributed by atoms with Crippen molar-refractivity contribution in [3.05, 3.63) is 0 Å². The Morgan fingerprint density at radius 3 is 2.71 bits per heavy atom. The number of nitrogens with zero attached hydrogens (tertiary/aromatic N) is 1. The van der Waals surface area contributed by atoms with Gasteiger partial charge in [-0.25, -0.2) is 0 Å². The predicted molar refractivity (Wildman–Crippen MR) is 69.7 cm³/mol. The van der Waals surface area contributed by atoms with E-state index in [9.17, 15) is 0 Å². The maximum atomic E-state index is 9.14. The number of nitrogens with one attached hydrogen (secondary N) is 1. The number of hydrogen-bond acceptors (Lipinski definition) is 3. The Morgan fingerprint density at radius 1 is 1.41 bits per heavy atom. The lowest BCUT2D eigenvalue weighted by molar-refractivity contribution is 0.0947. The Kier molecular flexibility index (Phi) is 6.54. The van der Waals surface area contributed by atoms with Crippen LogP contribution in [0.2, 0.25) is 0 Å². The predicted octanol–water partition coefficient (Wildman–Crippen LogP) is 2.87. The minimum Gasteiger partial charge on any atom is -0.381 e. The highest BCUT2D eigenvalue weighted by molar-refractivity contribution is 5.03. The van der Waals surface area contributed by atoms with Crippen molar-refractivity contribution >= 4 is 0 Å². The van der Waals surface area contributed by atoms with Crippen LogP contribution in [0.4, 0.5) is 0 Å². The van der Waals surface area contributed by atoms with Crippen LogP contribution in [-0.2, 0) is 4.74 Å². The van der Waals surface area contributed by atoms with Gasteiger partial charge >= 0.3 is 0 Å². The molecule has 3 heteroatoms. The Labute approximate surface area is 106 Å². The molecule has 1 unspecified atom stereocenters. The number of nitriles is 1. The molecule has 0 amide bonds. The normalized spacial score (nSPS) is 19.4. The van der Waals surface area contributed by atoms with Crippen LogP contribution < -0.4 is 5.32 Å². The summed E-state index contributed by atoms with van der Waals surface area (Å²) in [5.41, 5.74) is -0.424. The molecule has 1 rings (SSSR count). The third-order valence-electron chi connectivity index (χ3n) is 3.65. The van der Waals surface area contributed by atoms with E-state index in [4.69, 9.17) is 10.00 Å². The van der Waals surface area contributed by atoms with Crippen LogP contribution in [0.15, 0.2) is 0 Å². The Balaban J connectivity index is 2.03. The lowest BCUT2D eigenvalue weighted by atomic mass is 9.83. The summed E-state index contributed by atoms with van der Waals surface area (Å²) in [6.07, 6.45) is 7.20. The summed E-state index contributed by atoms with van der Waals surface area (Å²) in [4.78, 5) is 0. The maximum Gasteiger partial charge on any atom is 0.106 e. The zero-order valence-electron chi connectivity index (χ0n) is 11.3. The van der Waals surface area contributed by atoms with Gasteiger partial charge in [0.25, 0.3) is 0 Å². The van der Waals surface area contributed by atoms with Gasteiger partial charge in [0.05, 0.1) is 6.07 Å². The van der Waals surface area contributed by atoms with Crippen LogP contribution in [0.25, 0.3) is 0 Å². The average Bonchev–Trinajstić information content (AvgIpc) is 2.28. The van der Waals surface area contributed by atoms with E-state index in [0.717, 1.165) is 31.9 Å². The van der Waals surface area contributed by atoms with Gasteiger partial charge in [0.15, 0.2) is 0 Å². The van der Waals surface area contributed by atoms with Gasteiger partial charge in [-0.05, 0) is 32.2 Å². The topological polar surface area (TPSA) is 45.0 Å². The van der Waals surface area contributed by atoms with Gasteiger partial charge in [-0.15, -0.1) is 0 Å². The van der Waals surface area contributed by atoms with Gasteiger partial charge in [0.2, 0.25) is 0 Å².